The minimum absolute atomic E-state index is 0.241. The highest BCUT2D eigenvalue weighted by atomic mass is 79.9. The third-order valence-corrected chi connectivity index (χ3v) is 3.20. The number of anilines is 2. The molecule has 96 valence electrons. The van der Waals surface area contributed by atoms with E-state index in [1.165, 1.54) is 0 Å². The van der Waals surface area contributed by atoms with Gasteiger partial charge < -0.3 is 15.0 Å². The van der Waals surface area contributed by atoms with Gasteiger partial charge in [-0.2, -0.15) is 0 Å². The molecule has 0 fully saturated rings. The molecule has 1 aromatic rings. The normalized spacial score (nSPS) is 18.1. The van der Waals surface area contributed by atoms with Crippen molar-refractivity contribution in [3.05, 3.63) is 22.7 Å². The van der Waals surface area contributed by atoms with E-state index in [0.717, 1.165) is 10.2 Å². The number of hydrogen-bond donors (Lipinski definition) is 1. The van der Waals surface area contributed by atoms with Gasteiger partial charge in [0.1, 0.15) is 0 Å². The summed E-state index contributed by atoms with van der Waals surface area (Å²) in [6.07, 6.45) is -0.670. The number of hydrogen-bond acceptors (Lipinski definition) is 4. The second-order valence-electron chi connectivity index (χ2n) is 3.96. The Labute approximate surface area is 113 Å². The van der Waals surface area contributed by atoms with Crippen LogP contribution in [0.3, 0.4) is 0 Å². The van der Waals surface area contributed by atoms with Crippen LogP contribution < -0.4 is 10.2 Å². The van der Waals surface area contributed by atoms with E-state index in [1.807, 2.05) is 18.2 Å². The lowest BCUT2D eigenvalue weighted by atomic mass is 10.2. The van der Waals surface area contributed by atoms with Crippen LogP contribution in [0.1, 0.15) is 13.3 Å². The van der Waals surface area contributed by atoms with Crippen LogP contribution in [0.5, 0.6) is 0 Å². The number of halogens is 1. The SMILES string of the molecule is CCC(=O)O[C@H]1C(=O)Nc2cc(Br)ccc2N1C. The van der Waals surface area contributed by atoms with Crippen LogP contribution in [0.4, 0.5) is 11.4 Å². The van der Waals surface area contributed by atoms with Gasteiger partial charge in [-0.1, -0.05) is 22.9 Å². The number of ether oxygens (including phenoxy) is 1. The van der Waals surface area contributed by atoms with Crippen LogP contribution in [-0.4, -0.2) is 25.2 Å². The van der Waals surface area contributed by atoms with Gasteiger partial charge in [0.05, 0.1) is 11.4 Å². The van der Waals surface area contributed by atoms with Gasteiger partial charge in [0, 0.05) is 17.9 Å². The Morgan fingerprint density at radius 3 is 2.94 bits per heavy atom. The van der Waals surface area contributed by atoms with Crippen molar-refractivity contribution >= 4 is 39.2 Å². The molecular formula is C12H13BrN2O3. The maximum Gasteiger partial charge on any atom is 0.307 e. The Kier molecular flexibility index (Phi) is 3.56. The standard InChI is InChI=1S/C12H13BrN2O3/c1-3-10(16)18-12-11(17)14-8-6-7(13)4-5-9(8)15(12)2/h4-6,12H,3H2,1-2H3,(H,14,17)/t12-/m0/s1. The molecule has 6 heteroatoms. The second kappa shape index (κ2) is 4.97. The first-order valence-electron chi connectivity index (χ1n) is 5.55. The Bertz CT molecular complexity index is 504. The zero-order valence-electron chi connectivity index (χ0n) is 10.1. The number of nitrogens with one attached hydrogen (secondary N) is 1. The average molecular weight is 313 g/mol. The summed E-state index contributed by atoms with van der Waals surface area (Å²) in [6, 6.07) is 5.53. The van der Waals surface area contributed by atoms with E-state index in [-0.39, 0.29) is 12.3 Å². The summed E-state index contributed by atoms with van der Waals surface area (Å²) in [6.45, 7) is 1.69. The molecule has 1 heterocycles. The topological polar surface area (TPSA) is 58.6 Å². The first-order valence-corrected chi connectivity index (χ1v) is 6.35. The number of fused-ring (bicyclic) bond motifs is 1. The first kappa shape index (κ1) is 12.9. The predicted octanol–water partition coefficient (Wildman–Crippen LogP) is 2.12. The second-order valence-corrected chi connectivity index (χ2v) is 4.87. The zero-order chi connectivity index (χ0) is 13.3. The van der Waals surface area contributed by atoms with Crippen molar-refractivity contribution in [2.45, 2.75) is 19.6 Å². The summed E-state index contributed by atoms with van der Waals surface area (Å²) in [5, 5.41) is 2.72. The smallest absolute Gasteiger partial charge is 0.307 e. The van der Waals surface area contributed by atoms with Crippen LogP contribution in [0.15, 0.2) is 22.7 Å². The Morgan fingerprint density at radius 2 is 2.28 bits per heavy atom. The molecule has 1 amide bonds. The van der Waals surface area contributed by atoms with Gasteiger partial charge in [-0.15, -0.1) is 0 Å². The number of benzene rings is 1. The van der Waals surface area contributed by atoms with Gasteiger partial charge in [-0.05, 0) is 18.2 Å². The van der Waals surface area contributed by atoms with E-state index in [0.29, 0.717) is 5.69 Å². The van der Waals surface area contributed by atoms with Gasteiger partial charge >= 0.3 is 5.97 Å². The van der Waals surface area contributed by atoms with E-state index in [1.54, 1.807) is 18.9 Å². The number of amides is 1. The summed E-state index contributed by atoms with van der Waals surface area (Å²) in [5.74, 6) is -0.743. The fourth-order valence-electron chi connectivity index (χ4n) is 1.75. The number of nitrogens with zero attached hydrogens (tertiary/aromatic N) is 1. The van der Waals surface area contributed by atoms with Crippen molar-refractivity contribution in [3.8, 4) is 0 Å². The van der Waals surface area contributed by atoms with Crippen molar-refractivity contribution in [2.24, 2.45) is 0 Å². The highest BCUT2D eigenvalue weighted by Gasteiger charge is 2.33. The predicted molar refractivity (Wildman–Crippen MR) is 71.3 cm³/mol. The number of carbonyl (C=O) groups excluding carboxylic acids is 2. The lowest BCUT2D eigenvalue weighted by Crippen LogP contribution is -2.48. The molecule has 5 nitrogen and oxygen atoms in total. The third kappa shape index (κ3) is 2.33. The van der Waals surface area contributed by atoms with Crippen molar-refractivity contribution in [3.63, 3.8) is 0 Å². The lowest BCUT2D eigenvalue weighted by molar-refractivity contribution is -0.153. The molecule has 1 N–H and O–H groups in total. The van der Waals surface area contributed by atoms with Gasteiger partial charge in [-0.25, -0.2) is 0 Å². The molecule has 18 heavy (non-hydrogen) atoms. The summed E-state index contributed by atoms with van der Waals surface area (Å²) >= 11 is 3.34. The summed E-state index contributed by atoms with van der Waals surface area (Å²) < 4.78 is 5.99. The minimum atomic E-state index is -0.911. The highest BCUT2D eigenvalue weighted by Crippen LogP contribution is 2.33. The number of carbonyl (C=O) groups is 2. The molecule has 0 aliphatic carbocycles. The van der Waals surface area contributed by atoms with Gasteiger partial charge in [0.25, 0.3) is 12.1 Å². The maximum absolute atomic E-state index is 11.9. The molecule has 0 saturated heterocycles. The first-order chi connectivity index (χ1) is 8.52. The van der Waals surface area contributed by atoms with Crippen molar-refractivity contribution in [2.75, 3.05) is 17.3 Å². The molecule has 1 atom stereocenters. The minimum Gasteiger partial charge on any atom is -0.432 e. The molecule has 1 aromatic carbocycles. The zero-order valence-corrected chi connectivity index (χ0v) is 11.7. The Balaban J connectivity index is 2.30. The fourth-order valence-corrected chi connectivity index (χ4v) is 2.11. The molecule has 0 spiro atoms. The molecule has 0 saturated carbocycles. The van der Waals surface area contributed by atoms with Crippen LogP contribution in [-0.2, 0) is 14.3 Å². The third-order valence-electron chi connectivity index (χ3n) is 2.70. The van der Waals surface area contributed by atoms with Crippen molar-refractivity contribution < 1.29 is 14.3 Å². The molecule has 0 unspecified atom stereocenters. The quantitative estimate of drug-likeness (QED) is 0.850. The van der Waals surface area contributed by atoms with E-state index in [4.69, 9.17) is 4.74 Å². The van der Waals surface area contributed by atoms with E-state index >= 15 is 0 Å². The van der Waals surface area contributed by atoms with Crippen molar-refractivity contribution in [1.29, 1.82) is 0 Å². The molecule has 0 aromatic heterocycles. The number of esters is 1. The van der Waals surface area contributed by atoms with Gasteiger partial charge in [-0.3, -0.25) is 9.59 Å². The molecule has 1 aliphatic rings. The van der Waals surface area contributed by atoms with E-state index in [2.05, 4.69) is 21.2 Å². The molecule has 2 rings (SSSR count). The Hall–Kier alpha value is -1.56. The van der Waals surface area contributed by atoms with Gasteiger partial charge in [0.15, 0.2) is 0 Å². The molecule has 1 aliphatic heterocycles. The highest BCUT2D eigenvalue weighted by molar-refractivity contribution is 9.10. The maximum atomic E-state index is 11.9. The van der Waals surface area contributed by atoms with Crippen LogP contribution >= 0.6 is 15.9 Å². The van der Waals surface area contributed by atoms with E-state index in [9.17, 15) is 9.59 Å². The monoisotopic (exact) mass is 312 g/mol. The molecule has 0 radical (unpaired) electrons. The average Bonchev–Trinajstić information content (AvgIpc) is 2.33. The Morgan fingerprint density at radius 1 is 1.56 bits per heavy atom. The van der Waals surface area contributed by atoms with Gasteiger partial charge in [0.2, 0.25) is 0 Å². The molecular weight excluding hydrogens is 300 g/mol. The van der Waals surface area contributed by atoms with Crippen LogP contribution in [0, 0.1) is 0 Å². The van der Waals surface area contributed by atoms with Crippen molar-refractivity contribution in [1.82, 2.24) is 0 Å². The lowest BCUT2D eigenvalue weighted by Gasteiger charge is -2.34. The van der Waals surface area contributed by atoms with Crippen LogP contribution in [0.2, 0.25) is 0 Å². The van der Waals surface area contributed by atoms with Crippen LogP contribution in [0.25, 0.3) is 0 Å². The number of rotatable bonds is 2. The fraction of sp³-hybridized carbons (Fsp3) is 0.333. The van der Waals surface area contributed by atoms with E-state index < -0.39 is 12.2 Å². The summed E-state index contributed by atoms with van der Waals surface area (Å²) in [5.41, 5.74) is 1.51. The number of likely N-dealkylation sites (N-methyl/N-ethyl adjacent to an activating group) is 1. The molecule has 0 bridgehead atoms. The largest absolute Gasteiger partial charge is 0.432 e. The summed E-state index contributed by atoms with van der Waals surface area (Å²) in [7, 11) is 1.72. The summed E-state index contributed by atoms with van der Waals surface area (Å²) in [4.78, 5) is 24.8.